The van der Waals surface area contributed by atoms with Crippen LogP contribution in [0.15, 0.2) is 0 Å². The third-order valence-corrected chi connectivity index (χ3v) is 2.93. The molecule has 70 valence electrons. The number of nitrogens with zero attached hydrogens (tertiary/aromatic N) is 1. The zero-order chi connectivity index (χ0) is 7.84. The van der Waals surface area contributed by atoms with E-state index >= 15 is 0 Å². The minimum atomic E-state index is -0.630. The van der Waals surface area contributed by atoms with Gasteiger partial charge in [0.1, 0.15) is 6.04 Å². The fourth-order valence-corrected chi connectivity index (χ4v) is 2.22. The number of hydrogen-bond acceptors (Lipinski definition) is 2. The minimum Gasteiger partial charge on any atom is -0.480 e. The summed E-state index contributed by atoms with van der Waals surface area (Å²) in [6.45, 7) is 2.00. The first kappa shape index (κ1) is 9.48. The molecule has 0 aromatic rings. The molecule has 0 aromatic heterocycles. The third-order valence-electron chi connectivity index (χ3n) is 2.93. The molecule has 0 radical (unpaired) electrons. The Morgan fingerprint density at radius 2 is 1.92 bits per heavy atom. The van der Waals surface area contributed by atoms with Crippen molar-refractivity contribution in [3.63, 3.8) is 0 Å². The largest absolute Gasteiger partial charge is 0.480 e. The summed E-state index contributed by atoms with van der Waals surface area (Å²) in [5.74, 6) is 0.0653. The van der Waals surface area contributed by atoms with Crippen LogP contribution in [0.25, 0.3) is 0 Å². The van der Waals surface area contributed by atoms with Crippen molar-refractivity contribution in [2.45, 2.75) is 25.3 Å². The highest BCUT2D eigenvalue weighted by atomic mass is 16.4. The highest BCUT2D eigenvalue weighted by Gasteiger charge is 2.37. The predicted molar refractivity (Wildman–Crippen MR) is 44.0 cm³/mol. The summed E-state index contributed by atoms with van der Waals surface area (Å²) in [5.41, 5.74) is 0. The van der Waals surface area contributed by atoms with Crippen molar-refractivity contribution in [3.8, 4) is 0 Å². The molecule has 4 nitrogen and oxygen atoms in total. The Morgan fingerprint density at radius 3 is 2.17 bits per heavy atom. The average molecular weight is 173 g/mol. The molecule has 0 aromatic carbocycles. The normalized spacial score (nSPS) is 38.8. The van der Waals surface area contributed by atoms with E-state index in [9.17, 15) is 4.79 Å². The standard InChI is InChI=1S/C8H13NO2.H2O/c10-8(11)7-5-6-1-3-9(7)4-2-6;/h6-7H,1-5H2,(H,10,11);1H2. The molecule has 1 unspecified atom stereocenters. The van der Waals surface area contributed by atoms with Crippen LogP contribution in [0.5, 0.6) is 0 Å². The number of carboxylic acid groups (broad SMARTS) is 1. The highest BCUT2D eigenvalue weighted by molar-refractivity contribution is 5.73. The number of carbonyl (C=O) groups is 1. The van der Waals surface area contributed by atoms with Crippen LogP contribution in [0.3, 0.4) is 0 Å². The first-order valence-electron chi connectivity index (χ1n) is 4.24. The van der Waals surface area contributed by atoms with Gasteiger partial charge in [-0.15, -0.1) is 0 Å². The molecule has 3 aliphatic rings. The molecule has 0 saturated carbocycles. The number of fused-ring (bicyclic) bond motifs is 3. The van der Waals surface area contributed by atoms with Crippen molar-refractivity contribution >= 4 is 5.97 Å². The molecule has 3 heterocycles. The van der Waals surface area contributed by atoms with Gasteiger partial charge < -0.3 is 10.6 Å². The second-order valence-electron chi connectivity index (χ2n) is 3.57. The summed E-state index contributed by atoms with van der Waals surface area (Å²) >= 11 is 0. The van der Waals surface area contributed by atoms with Crippen molar-refractivity contribution in [1.29, 1.82) is 0 Å². The molecule has 12 heavy (non-hydrogen) atoms. The predicted octanol–water partition coefficient (Wildman–Crippen LogP) is -0.269. The molecule has 3 aliphatic heterocycles. The Kier molecular flexibility index (Phi) is 2.69. The van der Waals surface area contributed by atoms with Crippen LogP contribution < -0.4 is 0 Å². The molecule has 3 fully saturated rings. The molecule has 1 atom stereocenters. The Hall–Kier alpha value is -0.610. The molecule has 4 heteroatoms. The SMILES string of the molecule is O.O=C(O)C1CC2CCN1CC2. The molecule has 0 spiro atoms. The van der Waals surface area contributed by atoms with Crippen molar-refractivity contribution in [3.05, 3.63) is 0 Å². The van der Waals surface area contributed by atoms with Crippen LogP contribution in [-0.4, -0.2) is 40.6 Å². The number of piperidine rings is 3. The number of aliphatic carboxylic acids is 1. The van der Waals surface area contributed by atoms with Gasteiger partial charge in [0.05, 0.1) is 0 Å². The van der Waals surface area contributed by atoms with E-state index in [1.807, 2.05) is 0 Å². The lowest BCUT2D eigenvalue weighted by molar-refractivity contribution is -0.147. The highest BCUT2D eigenvalue weighted by Crippen LogP contribution is 2.31. The van der Waals surface area contributed by atoms with E-state index in [2.05, 4.69) is 4.90 Å². The Balaban J connectivity index is 0.000000720. The van der Waals surface area contributed by atoms with Crippen LogP contribution in [0.4, 0.5) is 0 Å². The smallest absolute Gasteiger partial charge is 0.320 e. The monoisotopic (exact) mass is 173 g/mol. The van der Waals surface area contributed by atoms with E-state index in [-0.39, 0.29) is 11.5 Å². The molecular formula is C8H15NO3. The molecule has 3 saturated heterocycles. The van der Waals surface area contributed by atoms with Gasteiger partial charge in [0.15, 0.2) is 0 Å². The summed E-state index contributed by atoms with van der Waals surface area (Å²) in [7, 11) is 0. The quantitative estimate of drug-likeness (QED) is 0.593. The topological polar surface area (TPSA) is 72.0 Å². The van der Waals surface area contributed by atoms with E-state index in [0.717, 1.165) is 19.5 Å². The van der Waals surface area contributed by atoms with Gasteiger partial charge in [-0.3, -0.25) is 9.69 Å². The van der Waals surface area contributed by atoms with Crippen molar-refractivity contribution in [2.24, 2.45) is 5.92 Å². The Morgan fingerprint density at radius 1 is 1.33 bits per heavy atom. The fraction of sp³-hybridized carbons (Fsp3) is 0.875. The van der Waals surface area contributed by atoms with Gasteiger partial charge in [-0.25, -0.2) is 0 Å². The summed E-state index contributed by atoms with van der Waals surface area (Å²) in [6.07, 6.45) is 3.31. The lowest BCUT2D eigenvalue weighted by Crippen LogP contribution is -2.52. The van der Waals surface area contributed by atoms with Crippen LogP contribution in [0.2, 0.25) is 0 Å². The van der Waals surface area contributed by atoms with Crippen LogP contribution in [0, 0.1) is 5.92 Å². The van der Waals surface area contributed by atoms with Gasteiger partial charge in [-0.2, -0.15) is 0 Å². The number of rotatable bonds is 1. The zero-order valence-electron chi connectivity index (χ0n) is 6.99. The number of carboxylic acids is 1. The summed E-state index contributed by atoms with van der Waals surface area (Å²) in [5, 5.41) is 8.82. The van der Waals surface area contributed by atoms with E-state index < -0.39 is 5.97 Å². The Labute approximate surface area is 71.5 Å². The lowest BCUT2D eigenvalue weighted by atomic mass is 9.83. The molecule has 3 N–H and O–H groups in total. The maximum atomic E-state index is 10.7. The molecule has 0 amide bonds. The summed E-state index contributed by atoms with van der Waals surface area (Å²) < 4.78 is 0. The van der Waals surface area contributed by atoms with Crippen molar-refractivity contribution in [1.82, 2.24) is 4.90 Å². The van der Waals surface area contributed by atoms with Gasteiger partial charge in [-0.05, 0) is 38.3 Å². The average Bonchev–Trinajstić information content (AvgIpc) is 2.06. The fourth-order valence-electron chi connectivity index (χ4n) is 2.22. The molecular weight excluding hydrogens is 158 g/mol. The van der Waals surface area contributed by atoms with E-state index in [1.54, 1.807) is 0 Å². The van der Waals surface area contributed by atoms with Gasteiger partial charge >= 0.3 is 5.97 Å². The molecule has 0 aliphatic carbocycles. The maximum Gasteiger partial charge on any atom is 0.320 e. The second-order valence-corrected chi connectivity index (χ2v) is 3.57. The van der Waals surface area contributed by atoms with E-state index in [4.69, 9.17) is 5.11 Å². The van der Waals surface area contributed by atoms with E-state index in [1.165, 1.54) is 12.8 Å². The summed E-state index contributed by atoms with van der Waals surface area (Å²) in [4.78, 5) is 12.8. The van der Waals surface area contributed by atoms with E-state index in [0.29, 0.717) is 5.92 Å². The lowest BCUT2D eigenvalue weighted by Gasteiger charge is -2.43. The van der Waals surface area contributed by atoms with Crippen LogP contribution in [0.1, 0.15) is 19.3 Å². The summed E-state index contributed by atoms with van der Waals surface area (Å²) in [6, 6.07) is -0.164. The van der Waals surface area contributed by atoms with Gasteiger partial charge in [-0.1, -0.05) is 0 Å². The number of hydrogen-bond donors (Lipinski definition) is 1. The third kappa shape index (κ3) is 1.44. The first-order valence-corrected chi connectivity index (χ1v) is 4.24. The first-order chi connectivity index (χ1) is 5.27. The minimum absolute atomic E-state index is 0. The van der Waals surface area contributed by atoms with Crippen molar-refractivity contribution < 1.29 is 15.4 Å². The Bertz CT molecular complexity index is 175. The van der Waals surface area contributed by atoms with Gasteiger partial charge in [0, 0.05) is 0 Å². The molecule has 2 bridgehead atoms. The molecule has 3 rings (SSSR count). The zero-order valence-corrected chi connectivity index (χ0v) is 6.99. The van der Waals surface area contributed by atoms with Gasteiger partial charge in [0.25, 0.3) is 0 Å². The maximum absolute atomic E-state index is 10.7. The van der Waals surface area contributed by atoms with Crippen LogP contribution in [-0.2, 0) is 4.79 Å². The van der Waals surface area contributed by atoms with Gasteiger partial charge in [0.2, 0.25) is 0 Å². The second kappa shape index (κ2) is 3.41. The van der Waals surface area contributed by atoms with Crippen molar-refractivity contribution in [2.75, 3.05) is 13.1 Å². The van der Waals surface area contributed by atoms with Crippen LogP contribution >= 0.6 is 0 Å².